The Morgan fingerprint density at radius 3 is 2.72 bits per heavy atom. The van der Waals surface area contributed by atoms with Crippen molar-refractivity contribution >= 4 is 17.7 Å². The number of allylic oxidation sites excluding steroid dienone is 2. The SMILES string of the molecule is C=C(CCC=Cc1ccc2c(c1)C(O)(c1ccccc1)C(OC)C(=O)N2)OCC. The van der Waals surface area contributed by atoms with Gasteiger partial charge in [-0.05, 0) is 36.6 Å². The van der Waals surface area contributed by atoms with E-state index in [-0.39, 0.29) is 5.91 Å². The quantitative estimate of drug-likeness (QED) is 0.659. The number of methoxy groups -OCH3 is 1. The van der Waals surface area contributed by atoms with Gasteiger partial charge in [0.25, 0.3) is 5.91 Å². The van der Waals surface area contributed by atoms with Crippen molar-refractivity contribution in [2.75, 3.05) is 19.0 Å². The summed E-state index contributed by atoms with van der Waals surface area (Å²) in [5.41, 5.74) is 1.14. The molecule has 0 radical (unpaired) electrons. The highest BCUT2D eigenvalue weighted by molar-refractivity contribution is 5.99. The standard InChI is InChI=1S/C24H27NO4/c1-4-29-17(2)10-8-9-11-18-14-15-21-20(16-18)24(27,19-12-6-5-7-13-19)22(28-3)23(26)25-21/h5-7,9,11-16,22,27H,2,4,8,10H2,1,3H3,(H,25,26). The first-order chi connectivity index (χ1) is 14.0. The highest BCUT2D eigenvalue weighted by Crippen LogP contribution is 2.42. The third-order valence-corrected chi connectivity index (χ3v) is 5.03. The molecule has 0 fully saturated rings. The van der Waals surface area contributed by atoms with Gasteiger partial charge in [0.15, 0.2) is 11.7 Å². The van der Waals surface area contributed by atoms with Crippen LogP contribution in [0.15, 0.2) is 66.9 Å². The predicted molar refractivity (Wildman–Crippen MR) is 114 cm³/mol. The van der Waals surface area contributed by atoms with Crippen molar-refractivity contribution in [3.63, 3.8) is 0 Å². The highest BCUT2D eigenvalue weighted by atomic mass is 16.5. The van der Waals surface area contributed by atoms with Crippen LogP contribution in [0.4, 0.5) is 5.69 Å². The predicted octanol–water partition coefficient (Wildman–Crippen LogP) is 4.23. The monoisotopic (exact) mass is 393 g/mol. The van der Waals surface area contributed by atoms with Crippen LogP contribution in [0.25, 0.3) is 6.08 Å². The molecule has 0 bridgehead atoms. The molecule has 2 N–H and O–H groups in total. The van der Waals surface area contributed by atoms with Gasteiger partial charge in [-0.3, -0.25) is 4.79 Å². The van der Waals surface area contributed by atoms with Crippen molar-refractivity contribution < 1.29 is 19.4 Å². The Morgan fingerprint density at radius 2 is 2.03 bits per heavy atom. The van der Waals surface area contributed by atoms with Crippen molar-refractivity contribution in [1.82, 2.24) is 0 Å². The Kier molecular flexibility index (Phi) is 6.52. The van der Waals surface area contributed by atoms with Crippen molar-refractivity contribution in [3.05, 3.63) is 83.6 Å². The molecule has 0 aromatic heterocycles. The number of carbonyl (C=O) groups is 1. The number of carbonyl (C=O) groups excluding carboxylic acids is 1. The molecular weight excluding hydrogens is 366 g/mol. The fourth-order valence-electron chi connectivity index (χ4n) is 3.64. The molecule has 1 heterocycles. The van der Waals surface area contributed by atoms with Crippen molar-refractivity contribution in [3.8, 4) is 0 Å². The Bertz CT molecular complexity index is 906. The molecule has 0 saturated carbocycles. The van der Waals surface area contributed by atoms with Crippen LogP contribution in [-0.2, 0) is 19.9 Å². The molecule has 3 rings (SSSR count). The Morgan fingerprint density at radius 1 is 1.28 bits per heavy atom. The molecule has 2 unspecified atom stereocenters. The maximum Gasteiger partial charge on any atom is 0.257 e. The summed E-state index contributed by atoms with van der Waals surface area (Å²) in [6.07, 6.45) is 4.54. The summed E-state index contributed by atoms with van der Waals surface area (Å²) in [6.45, 7) is 6.44. The third kappa shape index (κ3) is 4.26. The van der Waals surface area contributed by atoms with E-state index in [0.29, 0.717) is 23.4 Å². The Hall–Kier alpha value is -2.89. The van der Waals surface area contributed by atoms with Crippen molar-refractivity contribution in [1.29, 1.82) is 0 Å². The van der Waals surface area contributed by atoms with E-state index >= 15 is 0 Å². The van der Waals surface area contributed by atoms with E-state index in [0.717, 1.165) is 24.2 Å². The fraction of sp³-hybridized carbons (Fsp3) is 0.292. The Balaban J connectivity index is 1.93. The molecule has 152 valence electrons. The van der Waals surface area contributed by atoms with Gasteiger partial charge in [0.2, 0.25) is 0 Å². The molecule has 2 aromatic rings. The molecule has 29 heavy (non-hydrogen) atoms. The fourth-order valence-corrected chi connectivity index (χ4v) is 3.64. The van der Waals surface area contributed by atoms with E-state index in [1.807, 2.05) is 55.5 Å². The van der Waals surface area contributed by atoms with Crippen LogP contribution in [0.5, 0.6) is 0 Å². The number of fused-ring (bicyclic) bond motifs is 1. The number of nitrogens with one attached hydrogen (secondary N) is 1. The maximum atomic E-state index is 12.6. The van der Waals surface area contributed by atoms with Gasteiger partial charge >= 0.3 is 0 Å². The van der Waals surface area contributed by atoms with E-state index in [2.05, 4.69) is 11.9 Å². The van der Waals surface area contributed by atoms with Crippen molar-refractivity contribution in [2.45, 2.75) is 31.5 Å². The number of hydrogen-bond acceptors (Lipinski definition) is 4. The van der Waals surface area contributed by atoms with Gasteiger partial charge in [-0.15, -0.1) is 0 Å². The second-order valence-electron chi connectivity index (χ2n) is 6.96. The van der Waals surface area contributed by atoms with Crippen LogP contribution in [0.3, 0.4) is 0 Å². The molecule has 5 heteroatoms. The lowest BCUT2D eigenvalue weighted by atomic mass is 9.77. The van der Waals surface area contributed by atoms with Crippen LogP contribution >= 0.6 is 0 Å². The molecule has 0 spiro atoms. The number of hydrogen-bond donors (Lipinski definition) is 2. The Labute approximate surface area is 171 Å². The van der Waals surface area contributed by atoms with E-state index < -0.39 is 11.7 Å². The summed E-state index contributed by atoms with van der Waals surface area (Å²) >= 11 is 0. The van der Waals surface area contributed by atoms with Gasteiger partial charge < -0.3 is 19.9 Å². The molecule has 1 aliphatic heterocycles. The first kappa shape index (κ1) is 20.8. The summed E-state index contributed by atoms with van der Waals surface area (Å²) < 4.78 is 10.8. The summed E-state index contributed by atoms with van der Waals surface area (Å²) in [6, 6.07) is 14.8. The number of anilines is 1. The highest BCUT2D eigenvalue weighted by Gasteiger charge is 2.49. The van der Waals surface area contributed by atoms with E-state index in [4.69, 9.17) is 9.47 Å². The zero-order valence-electron chi connectivity index (χ0n) is 16.9. The number of benzene rings is 2. The smallest absolute Gasteiger partial charge is 0.257 e. The molecule has 1 aliphatic rings. The van der Waals surface area contributed by atoms with Gasteiger partial charge in [-0.25, -0.2) is 0 Å². The van der Waals surface area contributed by atoms with E-state index in [1.54, 1.807) is 12.1 Å². The van der Waals surface area contributed by atoms with Gasteiger partial charge in [-0.2, -0.15) is 0 Å². The minimum absolute atomic E-state index is 0.371. The number of ether oxygens (including phenoxy) is 2. The number of rotatable bonds is 8. The van der Waals surface area contributed by atoms with Crippen LogP contribution in [0.1, 0.15) is 36.5 Å². The zero-order chi connectivity index (χ0) is 20.9. The van der Waals surface area contributed by atoms with E-state index in [1.165, 1.54) is 7.11 Å². The average molecular weight is 393 g/mol. The van der Waals surface area contributed by atoms with Crippen LogP contribution in [0.2, 0.25) is 0 Å². The van der Waals surface area contributed by atoms with Gasteiger partial charge in [0.1, 0.15) is 0 Å². The molecule has 5 nitrogen and oxygen atoms in total. The molecular formula is C24H27NO4. The van der Waals surface area contributed by atoms with Gasteiger partial charge in [-0.1, -0.05) is 55.1 Å². The second kappa shape index (κ2) is 9.07. The van der Waals surface area contributed by atoms with Gasteiger partial charge in [0, 0.05) is 24.8 Å². The normalized spacial score (nSPS) is 20.9. The zero-order valence-corrected chi connectivity index (χ0v) is 16.9. The van der Waals surface area contributed by atoms with Crippen molar-refractivity contribution in [2.24, 2.45) is 0 Å². The third-order valence-electron chi connectivity index (χ3n) is 5.03. The minimum atomic E-state index is -1.58. The topological polar surface area (TPSA) is 67.8 Å². The summed E-state index contributed by atoms with van der Waals surface area (Å²) in [5.74, 6) is 0.399. The van der Waals surface area contributed by atoms with Crippen LogP contribution in [-0.4, -0.2) is 30.8 Å². The summed E-state index contributed by atoms with van der Waals surface area (Å²) in [5, 5.41) is 14.5. The molecule has 1 amide bonds. The number of aliphatic hydroxyl groups is 1. The van der Waals surface area contributed by atoms with Crippen LogP contribution < -0.4 is 5.32 Å². The summed E-state index contributed by atoms with van der Waals surface area (Å²) in [7, 11) is 1.43. The van der Waals surface area contributed by atoms with E-state index in [9.17, 15) is 9.90 Å². The first-order valence-corrected chi connectivity index (χ1v) is 9.74. The molecule has 2 atom stereocenters. The average Bonchev–Trinajstić information content (AvgIpc) is 2.72. The first-order valence-electron chi connectivity index (χ1n) is 9.74. The summed E-state index contributed by atoms with van der Waals surface area (Å²) in [4.78, 5) is 12.6. The maximum absolute atomic E-state index is 12.6. The molecule has 0 aliphatic carbocycles. The molecule has 2 aromatic carbocycles. The molecule has 0 saturated heterocycles. The number of amides is 1. The minimum Gasteiger partial charge on any atom is -0.499 e. The largest absolute Gasteiger partial charge is 0.499 e. The van der Waals surface area contributed by atoms with Gasteiger partial charge in [0.05, 0.1) is 12.4 Å². The van der Waals surface area contributed by atoms with Crippen LogP contribution in [0, 0.1) is 0 Å². The lowest BCUT2D eigenvalue weighted by Gasteiger charge is -2.40. The second-order valence-corrected chi connectivity index (χ2v) is 6.96. The lowest BCUT2D eigenvalue weighted by molar-refractivity contribution is -0.142. The lowest BCUT2D eigenvalue weighted by Crippen LogP contribution is -2.52.